The van der Waals surface area contributed by atoms with Crippen molar-refractivity contribution in [2.75, 3.05) is 5.32 Å². The number of carbonyl (C=O) groups is 1. The zero-order valence-corrected chi connectivity index (χ0v) is 14.6. The van der Waals surface area contributed by atoms with Gasteiger partial charge in [0.2, 0.25) is 5.91 Å². The first-order valence-electron chi connectivity index (χ1n) is 8.69. The number of aromatic nitrogens is 2. The summed E-state index contributed by atoms with van der Waals surface area (Å²) < 4.78 is 2.59. The van der Waals surface area contributed by atoms with E-state index in [0.717, 1.165) is 12.8 Å². The third-order valence-electron chi connectivity index (χ3n) is 4.23. The molecule has 1 heterocycles. The first kappa shape index (κ1) is 17.7. The Kier molecular flexibility index (Phi) is 5.31. The molecule has 0 unspecified atom stereocenters. The van der Waals surface area contributed by atoms with E-state index < -0.39 is 5.69 Å². The molecule has 0 spiro atoms. The van der Waals surface area contributed by atoms with Crippen molar-refractivity contribution in [1.29, 1.82) is 0 Å². The van der Waals surface area contributed by atoms with E-state index in [1.54, 1.807) is 36.4 Å². The van der Waals surface area contributed by atoms with Crippen LogP contribution in [0.2, 0.25) is 0 Å². The number of fused-ring (bicyclic) bond motifs is 1. The molecule has 26 heavy (non-hydrogen) atoms. The third-order valence-corrected chi connectivity index (χ3v) is 4.23. The molecule has 134 valence electrons. The molecule has 0 saturated carbocycles. The second-order valence-electron chi connectivity index (χ2n) is 6.11. The fraction of sp³-hybridized carbons (Fsp3) is 0.250. The zero-order valence-electron chi connectivity index (χ0n) is 14.6. The normalized spacial score (nSPS) is 10.8. The van der Waals surface area contributed by atoms with Crippen LogP contribution in [0.25, 0.3) is 10.9 Å². The van der Waals surface area contributed by atoms with Crippen molar-refractivity contribution in [3.8, 4) is 0 Å². The lowest BCUT2D eigenvalue weighted by molar-refractivity contribution is -0.116. The highest BCUT2D eigenvalue weighted by Gasteiger charge is 2.15. The Labute approximate surface area is 150 Å². The van der Waals surface area contributed by atoms with Crippen molar-refractivity contribution in [1.82, 2.24) is 9.13 Å². The molecule has 0 aliphatic carbocycles. The van der Waals surface area contributed by atoms with Crippen molar-refractivity contribution in [2.24, 2.45) is 0 Å². The van der Waals surface area contributed by atoms with Gasteiger partial charge in [0.15, 0.2) is 0 Å². The Morgan fingerprint density at radius 2 is 1.65 bits per heavy atom. The second kappa shape index (κ2) is 7.82. The number of nitrogens with zero attached hydrogens (tertiary/aromatic N) is 2. The highest BCUT2D eigenvalue weighted by atomic mass is 16.2. The maximum atomic E-state index is 12.8. The molecule has 0 aliphatic rings. The summed E-state index contributed by atoms with van der Waals surface area (Å²) in [5.74, 6) is -0.316. The quantitative estimate of drug-likeness (QED) is 0.742. The molecule has 1 aromatic heterocycles. The Bertz CT molecular complexity index is 1040. The fourth-order valence-corrected chi connectivity index (χ4v) is 2.90. The van der Waals surface area contributed by atoms with E-state index in [9.17, 15) is 14.4 Å². The number of anilines is 1. The number of nitrogens with one attached hydrogen (secondary N) is 1. The summed E-state index contributed by atoms with van der Waals surface area (Å²) in [7, 11) is 0. The average Bonchev–Trinajstić information content (AvgIpc) is 2.66. The third kappa shape index (κ3) is 3.59. The molecule has 6 heteroatoms. The van der Waals surface area contributed by atoms with Crippen LogP contribution in [0.15, 0.2) is 64.2 Å². The average molecular weight is 351 g/mol. The lowest BCUT2D eigenvalue weighted by Crippen LogP contribution is -2.41. The van der Waals surface area contributed by atoms with E-state index >= 15 is 0 Å². The van der Waals surface area contributed by atoms with Gasteiger partial charge in [-0.15, -0.1) is 0 Å². The highest BCUT2D eigenvalue weighted by Crippen LogP contribution is 2.09. The molecule has 2 aromatic carbocycles. The molecule has 1 amide bonds. The van der Waals surface area contributed by atoms with Gasteiger partial charge in [0.05, 0.1) is 10.9 Å². The fourth-order valence-electron chi connectivity index (χ4n) is 2.90. The van der Waals surface area contributed by atoms with Crippen LogP contribution in [0.4, 0.5) is 5.69 Å². The predicted octanol–water partition coefficient (Wildman–Crippen LogP) is 2.60. The monoisotopic (exact) mass is 351 g/mol. The molecule has 0 atom stereocenters. The van der Waals surface area contributed by atoms with Gasteiger partial charge in [-0.2, -0.15) is 0 Å². The van der Waals surface area contributed by atoms with Crippen molar-refractivity contribution in [2.45, 2.75) is 32.9 Å². The van der Waals surface area contributed by atoms with Crippen LogP contribution in [0.3, 0.4) is 0 Å². The largest absolute Gasteiger partial charge is 0.331 e. The Morgan fingerprint density at radius 1 is 0.962 bits per heavy atom. The van der Waals surface area contributed by atoms with Crippen LogP contribution >= 0.6 is 0 Å². The Hall–Kier alpha value is -3.15. The molecular weight excluding hydrogens is 330 g/mol. The summed E-state index contributed by atoms with van der Waals surface area (Å²) in [5, 5.41) is 3.21. The highest BCUT2D eigenvalue weighted by molar-refractivity contribution is 5.91. The van der Waals surface area contributed by atoms with E-state index in [0.29, 0.717) is 23.1 Å². The van der Waals surface area contributed by atoms with Crippen LogP contribution < -0.4 is 16.6 Å². The number of hydrogen-bond donors (Lipinski definition) is 1. The van der Waals surface area contributed by atoms with Gasteiger partial charge in [-0.25, -0.2) is 4.79 Å². The van der Waals surface area contributed by atoms with E-state index in [4.69, 9.17) is 0 Å². The van der Waals surface area contributed by atoms with E-state index in [2.05, 4.69) is 5.32 Å². The SMILES string of the molecule is CCCCn1c(=O)c2ccccc2n(CC(=O)Nc2ccccc2)c1=O. The standard InChI is InChI=1S/C20H21N3O3/c1-2-3-13-22-19(25)16-11-7-8-12-17(16)23(20(22)26)14-18(24)21-15-9-5-4-6-10-15/h4-12H,2-3,13-14H2,1H3,(H,21,24). The molecule has 0 saturated heterocycles. The van der Waals surface area contributed by atoms with Gasteiger partial charge in [0.1, 0.15) is 6.54 Å². The number of benzene rings is 2. The van der Waals surface area contributed by atoms with Crippen molar-refractivity contribution >= 4 is 22.5 Å². The number of hydrogen-bond acceptors (Lipinski definition) is 3. The predicted molar refractivity (Wildman–Crippen MR) is 102 cm³/mol. The molecule has 3 aromatic rings. The van der Waals surface area contributed by atoms with Crippen LogP contribution in [-0.4, -0.2) is 15.0 Å². The minimum atomic E-state index is -0.453. The molecule has 0 aliphatic heterocycles. The summed E-state index contributed by atoms with van der Waals surface area (Å²) in [6.07, 6.45) is 1.59. The van der Waals surface area contributed by atoms with E-state index in [-0.39, 0.29) is 18.0 Å². The van der Waals surface area contributed by atoms with Crippen molar-refractivity contribution in [3.63, 3.8) is 0 Å². The number of carbonyl (C=O) groups excluding carboxylic acids is 1. The molecule has 6 nitrogen and oxygen atoms in total. The summed E-state index contributed by atoms with van der Waals surface area (Å²) in [6, 6.07) is 15.9. The molecular formula is C20H21N3O3. The van der Waals surface area contributed by atoms with Crippen LogP contribution in [0, 0.1) is 0 Å². The van der Waals surface area contributed by atoms with E-state index in [1.807, 2.05) is 25.1 Å². The second-order valence-corrected chi connectivity index (χ2v) is 6.11. The van der Waals surface area contributed by atoms with Crippen molar-refractivity contribution in [3.05, 3.63) is 75.4 Å². The molecule has 0 bridgehead atoms. The van der Waals surface area contributed by atoms with Gasteiger partial charge >= 0.3 is 5.69 Å². The zero-order chi connectivity index (χ0) is 18.5. The van der Waals surface area contributed by atoms with Gasteiger partial charge in [-0.1, -0.05) is 43.7 Å². The first-order chi connectivity index (χ1) is 12.6. The first-order valence-corrected chi connectivity index (χ1v) is 8.69. The summed E-state index contributed by atoms with van der Waals surface area (Å²) >= 11 is 0. The summed E-state index contributed by atoms with van der Waals surface area (Å²) in [4.78, 5) is 37.9. The minimum absolute atomic E-state index is 0.152. The van der Waals surface area contributed by atoms with Crippen molar-refractivity contribution < 1.29 is 4.79 Å². The number of para-hydroxylation sites is 2. The lowest BCUT2D eigenvalue weighted by atomic mass is 10.2. The lowest BCUT2D eigenvalue weighted by Gasteiger charge is -2.14. The van der Waals surface area contributed by atoms with Crippen LogP contribution in [-0.2, 0) is 17.9 Å². The van der Waals surface area contributed by atoms with Gasteiger partial charge in [0, 0.05) is 12.2 Å². The topological polar surface area (TPSA) is 73.1 Å². The number of unbranched alkanes of at least 4 members (excludes halogenated alkanes) is 1. The Balaban J connectivity index is 2.02. The van der Waals surface area contributed by atoms with Crippen LogP contribution in [0.5, 0.6) is 0 Å². The smallest absolute Gasteiger partial charge is 0.325 e. The molecule has 3 rings (SSSR count). The maximum absolute atomic E-state index is 12.8. The molecule has 1 N–H and O–H groups in total. The minimum Gasteiger partial charge on any atom is -0.325 e. The Morgan fingerprint density at radius 3 is 2.38 bits per heavy atom. The van der Waals surface area contributed by atoms with Gasteiger partial charge in [-0.3, -0.25) is 18.7 Å². The number of amides is 1. The van der Waals surface area contributed by atoms with E-state index in [1.165, 1.54) is 9.13 Å². The van der Waals surface area contributed by atoms with Crippen LogP contribution in [0.1, 0.15) is 19.8 Å². The summed E-state index contributed by atoms with van der Waals surface area (Å²) in [5.41, 5.74) is 0.372. The molecule has 0 fully saturated rings. The van der Waals surface area contributed by atoms with Gasteiger partial charge in [0.25, 0.3) is 5.56 Å². The molecule has 0 radical (unpaired) electrons. The summed E-state index contributed by atoms with van der Waals surface area (Å²) in [6.45, 7) is 2.19. The maximum Gasteiger partial charge on any atom is 0.331 e. The number of rotatable bonds is 6. The van der Waals surface area contributed by atoms with Gasteiger partial charge in [-0.05, 0) is 30.7 Å². The van der Waals surface area contributed by atoms with Gasteiger partial charge < -0.3 is 5.32 Å².